The van der Waals surface area contributed by atoms with Crippen molar-refractivity contribution < 1.29 is 9.72 Å². The van der Waals surface area contributed by atoms with Gasteiger partial charge in [0, 0.05) is 12.1 Å². The lowest BCUT2D eigenvalue weighted by molar-refractivity contribution is -0.384. The maximum atomic E-state index is 11.7. The summed E-state index contributed by atoms with van der Waals surface area (Å²) in [4.78, 5) is 22.1. The van der Waals surface area contributed by atoms with Crippen LogP contribution in [0.2, 0.25) is 0 Å². The first-order valence-corrected chi connectivity index (χ1v) is 6.22. The molecule has 1 amide bonds. The van der Waals surface area contributed by atoms with Gasteiger partial charge in [-0.2, -0.15) is 5.10 Å². The molecule has 0 aliphatic carbocycles. The Hall–Kier alpha value is -2.68. The Kier molecular flexibility index (Phi) is 4.11. The van der Waals surface area contributed by atoms with Gasteiger partial charge in [-0.15, -0.1) is 5.10 Å². The number of hydrogen-bond acceptors (Lipinski definition) is 7. The lowest BCUT2D eigenvalue weighted by Gasteiger charge is -1.96. The monoisotopic (exact) mass is 291 g/mol. The first-order valence-electron chi connectivity index (χ1n) is 5.45. The molecule has 0 bridgehead atoms. The number of carbonyl (C=O) groups is 1. The molecule has 0 atom stereocenters. The fourth-order valence-electron chi connectivity index (χ4n) is 1.34. The summed E-state index contributed by atoms with van der Waals surface area (Å²) in [6, 6.07) is 5.79. The molecule has 0 radical (unpaired) electrons. The normalized spacial score (nSPS) is 10.7. The molecule has 0 aliphatic heterocycles. The zero-order valence-corrected chi connectivity index (χ0v) is 11.1. The minimum Gasteiger partial charge on any atom is -0.266 e. The highest BCUT2D eigenvalue weighted by Crippen LogP contribution is 2.11. The number of nitro benzene ring substituents is 1. The van der Waals surface area contributed by atoms with Crippen molar-refractivity contribution in [2.45, 2.75) is 6.92 Å². The van der Waals surface area contributed by atoms with Gasteiger partial charge >= 0.3 is 0 Å². The van der Waals surface area contributed by atoms with Crippen LogP contribution < -0.4 is 5.43 Å². The Labute approximate surface area is 117 Å². The van der Waals surface area contributed by atoms with E-state index in [1.807, 2.05) is 0 Å². The highest BCUT2D eigenvalue weighted by Gasteiger charge is 2.11. The zero-order chi connectivity index (χ0) is 14.5. The summed E-state index contributed by atoms with van der Waals surface area (Å²) in [5.74, 6) is -0.393. The third-order valence-corrected chi connectivity index (χ3v) is 3.17. The molecule has 9 heteroatoms. The molecule has 1 N–H and O–H groups in total. The molecule has 0 unspecified atom stereocenters. The number of hydrazone groups is 1. The van der Waals surface area contributed by atoms with Gasteiger partial charge in [-0.3, -0.25) is 14.9 Å². The SMILES string of the molecule is Cc1nnsc1C(=O)NN=Cc1ccc([N+](=O)[O-])cc1. The number of nitro groups is 1. The molecule has 2 rings (SSSR count). The summed E-state index contributed by atoms with van der Waals surface area (Å²) in [5.41, 5.74) is 3.51. The van der Waals surface area contributed by atoms with Gasteiger partial charge in [0.15, 0.2) is 0 Å². The van der Waals surface area contributed by atoms with Gasteiger partial charge in [-0.05, 0) is 36.2 Å². The summed E-state index contributed by atoms with van der Waals surface area (Å²) >= 11 is 0.987. The van der Waals surface area contributed by atoms with E-state index in [9.17, 15) is 14.9 Å². The van der Waals surface area contributed by atoms with Crippen LogP contribution in [-0.4, -0.2) is 26.6 Å². The Morgan fingerprint density at radius 1 is 1.45 bits per heavy atom. The molecule has 1 heterocycles. The molecule has 102 valence electrons. The predicted octanol–water partition coefficient (Wildman–Crippen LogP) is 1.52. The van der Waals surface area contributed by atoms with Crippen LogP contribution in [0, 0.1) is 17.0 Å². The molecule has 0 spiro atoms. The van der Waals surface area contributed by atoms with Crippen LogP contribution in [0.15, 0.2) is 29.4 Å². The van der Waals surface area contributed by atoms with E-state index in [0.717, 1.165) is 11.5 Å². The fraction of sp³-hybridized carbons (Fsp3) is 0.0909. The van der Waals surface area contributed by atoms with E-state index in [1.165, 1.54) is 30.5 Å². The van der Waals surface area contributed by atoms with Crippen LogP contribution in [0.3, 0.4) is 0 Å². The van der Waals surface area contributed by atoms with Crippen LogP contribution >= 0.6 is 11.5 Å². The maximum Gasteiger partial charge on any atom is 0.285 e. The second-order valence-corrected chi connectivity index (χ2v) is 4.49. The number of nitrogens with one attached hydrogen (secondary N) is 1. The molecule has 0 saturated heterocycles. The minimum atomic E-state index is -0.484. The van der Waals surface area contributed by atoms with E-state index >= 15 is 0 Å². The number of carbonyl (C=O) groups excluding carboxylic acids is 1. The Morgan fingerprint density at radius 2 is 2.15 bits per heavy atom. The van der Waals surface area contributed by atoms with Crippen molar-refractivity contribution in [2.24, 2.45) is 5.10 Å². The highest BCUT2D eigenvalue weighted by molar-refractivity contribution is 7.07. The van der Waals surface area contributed by atoms with Gasteiger partial charge in [0.05, 0.1) is 16.8 Å². The van der Waals surface area contributed by atoms with E-state index in [1.54, 1.807) is 6.92 Å². The maximum absolute atomic E-state index is 11.7. The van der Waals surface area contributed by atoms with E-state index in [2.05, 4.69) is 20.1 Å². The first kappa shape index (κ1) is 13.7. The number of amides is 1. The van der Waals surface area contributed by atoms with Gasteiger partial charge in [0.2, 0.25) is 0 Å². The standard InChI is InChI=1S/C11H9N5O3S/c1-7-10(20-15-13-7)11(17)14-12-6-8-2-4-9(5-3-8)16(18)19/h2-6H,1H3,(H,14,17). The molecule has 2 aromatic rings. The van der Waals surface area contributed by atoms with Gasteiger partial charge in [0.25, 0.3) is 11.6 Å². The van der Waals surface area contributed by atoms with Gasteiger partial charge < -0.3 is 0 Å². The van der Waals surface area contributed by atoms with E-state index in [4.69, 9.17) is 0 Å². The van der Waals surface area contributed by atoms with E-state index in [0.29, 0.717) is 16.1 Å². The summed E-state index contributed by atoms with van der Waals surface area (Å²) < 4.78 is 3.65. The number of rotatable bonds is 4. The number of benzene rings is 1. The van der Waals surface area contributed by atoms with Gasteiger partial charge in [-0.1, -0.05) is 4.49 Å². The molecule has 0 fully saturated rings. The largest absolute Gasteiger partial charge is 0.285 e. The van der Waals surface area contributed by atoms with Crippen LogP contribution in [0.1, 0.15) is 20.9 Å². The fourth-order valence-corrected chi connectivity index (χ4v) is 1.88. The highest BCUT2D eigenvalue weighted by atomic mass is 32.1. The third-order valence-electron chi connectivity index (χ3n) is 2.34. The average Bonchev–Trinajstić information content (AvgIpc) is 2.85. The van der Waals surface area contributed by atoms with Gasteiger partial charge in [0.1, 0.15) is 4.88 Å². The van der Waals surface area contributed by atoms with Crippen molar-refractivity contribution in [3.8, 4) is 0 Å². The number of nitrogens with zero attached hydrogens (tertiary/aromatic N) is 4. The van der Waals surface area contributed by atoms with E-state index < -0.39 is 10.8 Å². The quantitative estimate of drug-likeness (QED) is 0.521. The molecule has 1 aromatic carbocycles. The second-order valence-electron chi connectivity index (χ2n) is 3.74. The van der Waals surface area contributed by atoms with Crippen molar-refractivity contribution in [3.63, 3.8) is 0 Å². The van der Waals surface area contributed by atoms with Gasteiger partial charge in [-0.25, -0.2) is 5.43 Å². The molecular formula is C11H9N5O3S. The summed E-state index contributed by atoms with van der Waals surface area (Å²) in [6.45, 7) is 1.68. The van der Waals surface area contributed by atoms with Crippen LogP contribution in [0.25, 0.3) is 0 Å². The Bertz CT molecular complexity index is 665. The number of hydrogen-bond donors (Lipinski definition) is 1. The first-order chi connectivity index (χ1) is 9.58. The number of aryl methyl sites for hydroxylation is 1. The van der Waals surface area contributed by atoms with Crippen LogP contribution in [0.4, 0.5) is 5.69 Å². The van der Waals surface area contributed by atoms with Crippen molar-refractivity contribution in [1.82, 2.24) is 15.0 Å². The van der Waals surface area contributed by atoms with E-state index in [-0.39, 0.29) is 5.69 Å². The molecule has 8 nitrogen and oxygen atoms in total. The minimum absolute atomic E-state index is 0.00227. The number of aromatic nitrogens is 2. The van der Waals surface area contributed by atoms with Crippen molar-refractivity contribution in [2.75, 3.05) is 0 Å². The Balaban J connectivity index is 1.98. The van der Waals surface area contributed by atoms with Crippen molar-refractivity contribution >= 4 is 29.3 Å². The molecule has 1 aromatic heterocycles. The van der Waals surface area contributed by atoms with Crippen molar-refractivity contribution in [1.29, 1.82) is 0 Å². The molecule has 0 aliphatic rings. The van der Waals surface area contributed by atoms with Crippen LogP contribution in [-0.2, 0) is 0 Å². The lowest BCUT2D eigenvalue weighted by Crippen LogP contribution is -2.17. The number of non-ortho nitro benzene ring substituents is 1. The van der Waals surface area contributed by atoms with Crippen LogP contribution in [0.5, 0.6) is 0 Å². The second kappa shape index (κ2) is 5.97. The third kappa shape index (κ3) is 3.20. The summed E-state index contributed by atoms with van der Waals surface area (Å²) in [6.07, 6.45) is 1.39. The zero-order valence-electron chi connectivity index (χ0n) is 10.3. The summed E-state index contributed by atoms with van der Waals surface area (Å²) in [7, 11) is 0. The smallest absolute Gasteiger partial charge is 0.266 e. The Morgan fingerprint density at radius 3 is 2.70 bits per heavy atom. The topological polar surface area (TPSA) is 110 Å². The average molecular weight is 291 g/mol. The lowest BCUT2D eigenvalue weighted by atomic mass is 10.2. The molecular weight excluding hydrogens is 282 g/mol. The summed E-state index contributed by atoms with van der Waals surface area (Å²) in [5, 5.41) is 18.0. The molecule has 20 heavy (non-hydrogen) atoms. The molecule has 0 saturated carbocycles. The van der Waals surface area contributed by atoms with Crippen molar-refractivity contribution in [3.05, 3.63) is 50.5 Å². The predicted molar refractivity (Wildman–Crippen MR) is 72.8 cm³/mol.